The third-order valence-corrected chi connectivity index (χ3v) is 5.19. The van der Waals surface area contributed by atoms with Crippen molar-refractivity contribution in [2.45, 2.75) is 6.42 Å². The topological polar surface area (TPSA) is 93.6 Å². The number of imidazole rings is 1. The molecule has 0 aliphatic rings. The van der Waals surface area contributed by atoms with Crippen LogP contribution in [0.2, 0.25) is 0 Å². The number of benzene rings is 3. The number of para-hydroxylation sites is 1. The van der Waals surface area contributed by atoms with Gasteiger partial charge >= 0.3 is 0 Å². The highest BCUT2D eigenvalue weighted by Crippen LogP contribution is 2.18. The molecule has 1 heterocycles. The second kappa shape index (κ2) is 8.80. The fraction of sp³-hybridized carbons (Fsp3) is 0.0870. The zero-order valence-corrected chi connectivity index (χ0v) is 17.5. The number of hydrogen-bond acceptors (Lipinski definition) is 4. The lowest BCUT2D eigenvalue weighted by atomic mass is 10.1. The van der Waals surface area contributed by atoms with E-state index < -0.39 is 0 Å². The quantitative estimate of drug-likeness (QED) is 0.373. The minimum absolute atomic E-state index is 0.140. The summed E-state index contributed by atoms with van der Waals surface area (Å²) in [6.45, 7) is 0.687. The van der Waals surface area contributed by atoms with Gasteiger partial charge in [0.1, 0.15) is 11.6 Å². The van der Waals surface area contributed by atoms with E-state index in [0.29, 0.717) is 29.1 Å². The number of carbonyl (C=O) groups excluding carboxylic acids is 1. The van der Waals surface area contributed by atoms with Crippen molar-refractivity contribution < 1.29 is 4.79 Å². The molecule has 0 bridgehead atoms. The molecule has 6 nitrogen and oxygen atoms in total. The van der Waals surface area contributed by atoms with E-state index in [9.17, 15) is 4.79 Å². The largest absolute Gasteiger partial charge is 0.355 e. The van der Waals surface area contributed by atoms with E-state index in [4.69, 9.17) is 5.26 Å². The molecule has 7 heteroatoms. The third kappa shape index (κ3) is 4.50. The number of fused-ring (bicyclic) bond motifs is 1. The molecule has 0 atom stereocenters. The van der Waals surface area contributed by atoms with Crippen LogP contribution < -0.4 is 10.6 Å². The summed E-state index contributed by atoms with van der Waals surface area (Å²) < 4.78 is 0.935. The maximum absolute atomic E-state index is 12.3. The molecule has 1 amide bonds. The van der Waals surface area contributed by atoms with Gasteiger partial charge in [-0.2, -0.15) is 5.26 Å². The van der Waals surface area contributed by atoms with Crippen LogP contribution in [0.15, 0.2) is 71.2 Å². The first-order valence-corrected chi connectivity index (χ1v) is 10.2. The number of carbonyl (C=O) groups is 1. The van der Waals surface area contributed by atoms with Crippen LogP contribution in [0.5, 0.6) is 0 Å². The van der Waals surface area contributed by atoms with E-state index in [1.165, 1.54) is 0 Å². The van der Waals surface area contributed by atoms with Crippen LogP contribution in [-0.4, -0.2) is 22.4 Å². The van der Waals surface area contributed by atoms with Crippen molar-refractivity contribution in [3.63, 3.8) is 0 Å². The van der Waals surface area contributed by atoms with Crippen LogP contribution in [0.1, 0.15) is 21.5 Å². The van der Waals surface area contributed by atoms with Gasteiger partial charge in [-0.1, -0.05) is 34.1 Å². The van der Waals surface area contributed by atoms with Crippen LogP contribution in [0, 0.1) is 11.3 Å². The summed E-state index contributed by atoms with van der Waals surface area (Å²) in [6.07, 6.45) is 0.795. The van der Waals surface area contributed by atoms with Gasteiger partial charge in [-0.15, -0.1) is 0 Å². The predicted octanol–water partition coefficient (Wildman–Crippen LogP) is 5.10. The number of halogens is 1. The molecule has 148 valence electrons. The monoisotopic (exact) mass is 459 g/mol. The van der Waals surface area contributed by atoms with Crippen molar-refractivity contribution >= 4 is 44.5 Å². The standard InChI is InChI=1S/C23H18BrN5O/c24-18-8-6-16(7-9-18)22(30)27-19-10-4-15(5-11-19)12-13-26-23-28-20-3-1-2-17(14-25)21(20)29-23/h1-11H,12-13H2,(H,27,30)(H2,26,28,29). The Morgan fingerprint density at radius 2 is 1.83 bits per heavy atom. The molecule has 0 fully saturated rings. The SMILES string of the molecule is N#Cc1cccc2[nH]c(NCCc3ccc(NC(=O)c4ccc(Br)cc4)cc3)nc12. The van der Waals surface area contributed by atoms with Crippen molar-refractivity contribution in [1.29, 1.82) is 5.26 Å². The molecule has 0 aliphatic carbocycles. The number of aromatic nitrogens is 2. The van der Waals surface area contributed by atoms with Crippen LogP contribution in [-0.2, 0) is 6.42 Å². The van der Waals surface area contributed by atoms with Crippen molar-refractivity contribution in [2.75, 3.05) is 17.2 Å². The number of amides is 1. The number of H-pyrrole nitrogens is 1. The lowest BCUT2D eigenvalue weighted by molar-refractivity contribution is 0.102. The number of nitrogens with zero attached hydrogens (tertiary/aromatic N) is 2. The van der Waals surface area contributed by atoms with Gasteiger partial charge in [0.05, 0.1) is 11.1 Å². The van der Waals surface area contributed by atoms with Crippen molar-refractivity contribution in [1.82, 2.24) is 9.97 Å². The molecule has 30 heavy (non-hydrogen) atoms. The molecule has 4 rings (SSSR count). The Kier molecular flexibility index (Phi) is 5.77. The summed E-state index contributed by atoms with van der Waals surface area (Å²) in [6, 6.07) is 22.6. The van der Waals surface area contributed by atoms with Crippen molar-refractivity contribution in [3.8, 4) is 6.07 Å². The molecule has 0 saturated carbocycles. The Bertz CT molecular complexity index is 1220. The normalized spacial score (nSPS) is 10.5. The number of nitriles is 1. The molecule has 1 aromatic heterocycles. The lowest BCUT2D eigenvalue weighted by Crippen LogP contribution is -2.11. The molecule has 0 radical (unpaired) electrons. The van der Waals surface area contributed by atoms with E-state index >= 15 is 0 Å². The van der Waals surface area contributed by atoms with Gasteiger partial charge in [0.15, 0.2) is 0 Å². The van der Waals surface area contributed by atoms with E-state index in [1.54, 1.807) is 18.2 Å². The zero-order chi connectivity index (χ0) is 20.9. The summed E-state index contributed by atoms with van der Waals surface area (Å²) in [7, 11) is 0. The average molecular weight is 460 g/mol. The molecule has 4 aromatic rings. The number of hydrogen-bond donors (Lipinski definition) is 3. The Balaban J connectivity index is 1.32. The van der Waals surface area contributed by atoms with Crippen molar-refractivity contribution in [3.05, 3.63) is 87.9 Å². The Morgan fingerprint density at radius 3 is 2.57 bits per heavy atom. The minimum atomic E-state index is -0.140. The molecule has 3 aromatic carbocycles. The van der Waals surface area contributed by atoms with E-state index in [1.807, 2.05) is 48.5 Å². The van der Waals surface area contributed by atoms with Gasteiger partial charge in [-0.05, 0) is 60.5 Å². The highest BCUT2D eigenvalue weighted by atomic mass is 79.9. The summed E-state index contributed by atoms with van der Waals surface area (Å²) in [4.78, 5) is 19.9. The first-order valence-electron chi connectivity index (χ1n) is 9.41. The summed E-state index contributed by atoms with van der Waals surface area (Å²) in [5.74, 6) is 0.504. The van der Waals surface area contributed by atoms with Crippen molar-refractivity contribution in [2.24, 2.45) is 0 Å². The van der Waals surface area contributed by atoms with Gasteiger partial charge < -0.3 is 15.6 Å². The second-order valence-corrected chi connectivity index (χ2v) is 7.65. The molecule has 0 unspecified atom stereocenters. The number of rotatable bonds is 6. The molecule has 0 aliphatic heterocycles. The fourth-order valence-corrected chi connectivity index (χ4v) is 3.35. The van der Waals surface area contributed by atoms with E-state index in [2.05, 4.69) is 42.6 Å². The van der Waals surface area contributed by atoms with Crippen LogP contribution in [0.4, 0.5) is 11.6 Å². The van der Waals surface area contributed by atoms with Gasteiger partial charge in [-0.25, -0.2) is 4.98 Å². The number of anilines is 2. The maximum atomic E-state index is 12.3. The fourth-order valence-electron chi connectivity index (χ4n) is 3.09. The summed E-state index contributed by atoms with van der Waals surface area (Å²) >= 11 is 3.36. The number of nitrogens with one attached hydrogen (secondary N) is 3. The van der Waals surface area contributed by atoms with Crippen LogP contribution in [0.3, 0.4) is 0 Å². The second-order valence-electron chi connectivity index (χ2n) is 6.73. The molecular weight excluding hydrogens is 442 g/mol. The summed E-state index contributed by atoms with van der Waals surface area (Å²) in [5, 5.41) is 15.3. The Hall–Kier alpha value is -3.63. The predicted molar refractivity (Wildman–Crippen MR) is 122 cm³/mol. The minimum Gasteiger partial charge on any atom is -0.355 e. The first-order chi connectivity index (χ1) is 14.6. The Labute approximate surface area is 182 Å². The van der Waals surface area contributed by atoms with Crippen LogP contribution in [0.25, 0.3) is 11.0 Å². The van der Waals surface area contributed by atoms with Gasteiger partial charge in [-0.3, -0.25) is 4.79 Å². The molecular formula is C23H18BrN5O. The smallest absolute Gasteiger partial charge is 0.255 e. The zero-order valence-electron chi connectivity index (χ0n) is 15.9. The van der Waals surface area contributed by atoms with Gasteiger partial charge in [0.25, 0.3) is 5.91 Å². The number of aromatic amines is 1. The summed E-state index contributed by atoms with van der Waals surface area (Å²) in [5.41, 5.74) is 4.56. The van der Waals surface area contributed by atoms with Gasteiger partial charge in [0, 0.05) is 22.3 Å². The molecule has 0 saturated heterocycles. The highest BCUT2D eigenvalue weighted by Gasteiger charge is 2.07. The maximum Gasteiger partial charge on any atom is 0.255 e. The third-order valence-electron chi connectivity index (χ3n) is 4.66. The molecule has 3 N–H and O–H groups in total. The van der Waals surface area contributed by atoms with E-state index in [-0.39, 0.29) is 5.91 Å². The van der Waals surface area contributed by atoms with E-state index in [0.717, 1.165) is 27.7 Å². The Morgan fingerprint density at radius 1 is 1.07 bits per heavy atom. The lowest BCUT2D eigenvalue weighted by Gasteiger charge is -2.07. The van der Waals surface area contributed by atoms with Gasteiger partial charge in [0.2, 0.25) is 5.95 Å². The first kappa shape index (κ1) is 19.7. The van der Waals surface area contributed by atoms with Crippen LogP contribution >= 0.6 is 15.9 Å². The highest BCUT2D eigenvalue weighted by molar-refractivity contribution is 9.10. The molecule has 0 spiro atoms. The average Bonchev–Trinajstić information content (AvgIpc) is 3.18.